The van der Waals surface area contributed by atoms with Crippen molar-refractivity contribution >= 4 is 17.6 Å². The topological polar surface area (TPSA) is 67.9 Å². The summed E-state index contributed by atoms with van der Waals surface area (Å²) in [6.45, 7) is 10.8. The van der Waals surface area contributed by atoms with E-state index in [2.05, 4.69) is 48.3 Å². The standard InChI is InChI=1S/C29H40N2O4/c1-5-34-27(22-14-16-23(17-15-22)29(33)35-6-2)28(32)30-25(20-21(3)4)24-12-8-9-13-26(24)31-18-10-7-11-19-31/h8-9,12-17,21,25,27H,5-7,10-11,18-20H2,1-4H3,(H,30,32)/t25?,27-/m0/s1. The summed E-state index contributed by atoms with van der Waals surface area (Å²) in [5.74, 6) is -0.137. The maximum absolute atomic E-state index is 13.6. The van der Waals surface area contributed by atoms with E-state index in [-0.39, 0.29) is 17.9 Å². The largest absolute Gasteiger partial charge is 0.462 e. The summed E-state index contributed by atoms with van der Waals surface area (Å²) >= 11 is 0. The van der Waals surface area contributed by atoms with Gasteiger partial charge in [0.2, 0.25) is 0 Å². The van der Waals surface area contributed by atoms with Crippen LogP contribution >= 0.6 is 0 Å². The van der Waals surface area contributed by atoms with Crippen molar-refractivity contribution in [1.82, 2.24) is 5.32 Å². The highest BCUT2D eigenvalue weighted by Crippen LogP contribution is 2.33. The quantitative estimate of drug-likeness (QED) is 0.410. The molecule has 190 valence electrons. The van der Waals surface area contributed by atoms with Crippen LogP contribution in [0.3, 0.4) is 0 Å². The molecule has 0 spiro atoms. The van der Waals surface area contributed by atoms with Gasteiger partial charge in [0.15, 0.2) is 6.10 Å². The second-order valence-corrected chi connectivity index (χ2v) is 9.48. The number of esters is 1. The van der Waals surface area contributed by atoms with E-state index in [1.165, 1.54) is 24.9 Å². The third-order valence-electron chi connectivity index (χ3n) is 6.33. The molecule has 1 N–H and O–H groups in total. The number of carbonyl (C=O) groups excluding carboxylic acids is 2. The maximum atomic E-state index is 13.6. The minimum Gasteiger partial charge on any atom is -0.462 e. The number of piperidine rings is 1. The number of anilines is 1. The van der Waals surface area contributed by atoms with E-state index >= 15 is 0 Å². The van der Waals surface area contributed by atoms with Gasteiger partial charge in [0.25, 0.3) is 5.91 Å². The molecule has 35 heavy (non-hydrogen) atoms. The van der Waals surface area contributed by atoms with Gasteiger partial charge in [-0.05, 0) is 74.8 Å². The lowest BCUT2D eigenvalue weighted by Crippen LogP contribution is -2.36. The zero-order valence-corrected chi connectivity index (χ0v) is 21.6. The Morgan fingerprint density at radius 1 is 0.943 bits per heavy atom. The Balaban J connectivity index is 1.84. The first-order valence-corrected chi connectivity index (χ1v) is 13.0. The smallest absolute Gasteiger partial charge is 0.338 e. The SMILES string of the molecule is CCOC(=O)c1ccc([C@H](OCC)C(=O)NC(CC(C)C)c2ccccc2N2CCCCC2)cc1. The van der Waals surface area contributed by atoms with Crippen LogP contribution < -0.4 is 10.2 Å². The van der Waals surface area contributed by atoms with E-state index in [1.807, 2.05) is 6.92 Å². The number of carbonyl (C=O) groups is 2. The van der Waals surface area contributed by atoms with Gasteiger partial charge in [-0.3, -0.25) is 4.79 Å². The second-order valence-electron chi connectivity index (χ2n) is 9.48. The zero-order valence-electron chi connectivity index (χ0n) is 21.6. The number of amides is 1. The minimum absolute atomic E-state index is 0.123. The molecule has 3 rings (SSSR count). The molecule has 2 atom stereocenters. The van der Waals surface area contributed by atoms with Crippen molar-refractivity contribution in [2.45, 2.75) is 65.5 Å². The highest BCUT2D eigenvalue weighted by Gasteiger charge is 2.27. The third kappa shape index (κ3) is 7.31. The summed E-state index contributed by atoms with van der Waals surface area (Å²) in [7, 11) is 0. The molecule has 6 heteroatoms. The second kappa shape index (κ2) is 13.3. The fourth-order valence-electron chi connectivity index (χ4n) is 4.69. The molecule has 1 unspecified atom stereocenters. The van der Waals surface area contributed by atoms with Gasteiger partial charge in [-0.1, -0.05) is 44.2 Å². The molecular weight excluding hydrogens is 440 g/mol. The molecule has 0 saturated carbocycles. The van der Waals surface area contributed by atoms with Crippen molar-refractivity contribution < 1.29 is 19.1 Å². The number of benzene rings is 2. The van der Waals surface area contributed by atoms with Crippen LogP contribution in [0.25, 0.3) is 0 Å². The van der Waals surface area contributed by atoms with Gasteiger partial charge in [-0.15, -0.1) is 0 Å². The summed E-state index contributed by atoms with van der Waals surface area (Å²) in [6.07, 6.45) is 3.74. The molecule has 2 aromatic carbocycles. The Bertz CT molecular complexity index is 951. The molecule has 1 fully saturated rings. The van der Waals surface area contributed by atoms with Gasteiger partial charge < -0.3 is 19.7 Å². The Kier molecular flexibility index (Phi) is 10.2. The highest BCUT2D eigenvalue weighted by molar-refractivity contribution is 5.90. The summed E-state index contributed by atoms with van der Waals surface area (Å²) in [6, 6.07) is 15.2. The van der Waals surface area contributed by atoms with E-state index in [0.717, 1.165) is 25.1 Å². The first kappa shape index (κ1) is 26.7. The summed E-state index contributed by atoms with van der Waals surface area (Å²) < 4.78 is 11.0. The van der Waals surface area contributed by atoms with Gasteiger partial charge in [-0.2, -0.15) is 0 Å². The van der Waals surface area contributed by atoms with Crippen LogP contribution in [0, 0.1) is 5.92 Å². The van der Waals surface area contributed by atoms with E-state index in [9.17, 15) is 9.59 Å². The van der Waals surface area contributed by atoms with E-state index < -0.39 is 6.10 Å². The molecule has 6 nitrogen and oxygen atoms in total. The number of hydrogen-bond donors (Lipinski definition) is 1. The average molecular weight is 481 g/mol. The fraction of sp³-hybridized carbons (Fsp3) is 0.517. The molecular formula is C29H40N2O4. The molecule has 1 amide bonds. The lowest BCUT2D eigenvalue weighted by Gasteiger charge is -2.33. The monoisotopic (exact) mass is 480 g/mol. The Morgan fingerprint density at radius 3 is 2.26 bits per heavy atom. The van der Waals surface area contributed by atoms with E-state index in [4.69, 9.17) is 9.47 Å². The molecule has 0 aliphatic carbocycles. The van der Waals surface area contributed by atoms with Crippen LogP contribution in [-0.2, 0) is 14.3 Å². The molecule has 0 aromatic heterocycles. The van der Waals surface area contributed by atoms with Crippen LogP contribution in [0.15, 0.2) is 48.5 Å². The van der Waals surface area contributed by atoms with E-state index in [1.54, 1.807) is 31.2 Å². The van der Waals surface area contributed by atoms with Crippen LogP contribution in [0.1, 0.15) is 87.0 Å². The van der Waals surface area contributed by atoms with Gasteiger partial charge >= 0.3 is 5.97 Å². The minimum atomic E-state index is -0.756. The van der Waals surface area contributed by atoms with Crippen molar-refractivity contribution in [2.24, 2.45) is 5.92 Å². The maximum Gasteiger partial charge on any atom is 0.338 e. The molecule has 1 heterocycles. The first-order valence-electron chi connectivity index (χ1n) is 13.0. The highest BCUT2D eigenvalue weighted by atomic mass is 16.5. The Hall–Kier alpha value is -2.86. The van der Waals surface area contributed by atoms with Crippen molar-refractivity contribution in [3.63, 3.8) is 0 Å². The van der Waals surface area contributed by atoms with Crippen molar-refractivity contribution in [3.8, 4) is 0 Å². The summed E-state index contributed by atoms with van der Waals surface area (Å²) in [5, 5.41) is 3.30. The number of para-hydroxylation sites is 1. The predicted molar refractivity (Wildman–Crippen MR) is 140 cm³/mol. The predicted octanol–water partition coefficient (Wildman–Crippen LogP) is 5.83. The van der Waals surface area contributed by atoms with Crippen molar-refractivity contribution in [2.75, 3.05) is 31.2 Å². The van der Waals surface area contributed by atoms with E-state index in [0.29, 0.717) is 30.3 Å². The fourth-order valence-corrected chi connectivity index (χ4v) is 4.69. The molecule has 1 aliphatic heterocycles. The lowest BCUT2D eigenvalue weighted by atomic mass is 9.94. The van der Waals surface area contributed by atoms with Crippen molar-refractivity contribution in [1.29, 1.82) is 0 Å². The number of hydrogen-bond acceptors (Lipinski definition) is 5. The Labute approximate surface area is 210 Å². The van der Waals surface area contributed by atoms with Gasteiger partial charge in [0.05, 0.1) is 18.2 Å². The first-order chi connectivity index (χ1) is 16.9. The molecule has 1 aliphatic rings. The van der Waals surface area contributed by atoms with Gasteiger partial charge in [0.1, 0.15) is 0 Å². The molecule has 0 bridgehead atoms. The molecule has 2 aromatic rings. The third-order valence-corrected chi connectivity index (χ3v) is 6.33. The molecule has 1 saturated heterocycles. The number of ether oxygens (including phenoxy) is 2. The number of nitrogens with zero attached hydrogens (tertiary/aromatic N) is 1. The molecule has 0 radical (unpaired) electrons. The summed E-state index contributed by atoms with van der Waals surface area (Å²) in [5.41, 5.74) is 3.54. The summed E-state index contributed by atoms with van der Waals surface area (Å²) in [4.78, 5) is 28.0. The van der Waals surface area contributed by atoms with Gasteiger partial charge in [0, 0.05) is 25.4 Å². The zero-order chi connectivity index (χ0) is 25.2. The van der Waals surface area contributed by atoms with Crippen LogP contribution in [0.5, 0.6) is 0 Å². The van der Waals surface area contributed by atoms with Gasteiger partial charge in [-0.25, -0.2) is 4.79 Å². The van der Waals surface area contributed by atoms with Crippen LogP contribution in [0.4, 0.5) is 5.69 Å². The van der Waals surface area contributed by atoms with Crippen molar-refractivity contribution in [3.05, 3.63) is 65.2 Å². The normalized spacial score (nSPS) is 15.5. The lowest BCUT2D eigenvalue weighted by molar-refractivity contribution is -0.134. The number of nitrogens with one attached hydrogen (secondary N) is 1. The van der Waals surface area contributed by atoms with Crippen LogP contribution in [-0.4, -0.2) is 38.2 Å². The van der Waals surface area contributed by atoms with Crippen LogP contribution in [0.2, 0.25) is 0 Å². The number of rotatable bonds is 11. The average Bonchev–Trinajstić information content (AvgIpc) is 2.87. The Morgan fingerprint density at radius 2 is 1.63 bits per heavy atom.